The van der Waals surface area contributed by atoms with Gasteiger partial charge in [-0.1, -0.05) is 56.0 Å². The van der Waals surface area contributed by atoms with Gasteiger partial charge in [-0.15, -0.1) is 0 Å². The predicted octanol–water partition coefficient (Wildman–Crippen LogP) is 4.92. The van der Waals surface area contributed by atoms with Crippen LogP contribution in [0.1, 0.15) is 56.8 Å². The fourth-order valence-corrected chi connectivity index (χ4v) is 2.36. The number of carbonyl (C=O) groups is 1. The second-order valence-electron chi connectivity index (χ2n) is 5.93. The second kappa shape index (κ2) is 7.77. The minimum Gasteiger partial charge on any atom is -0.351 e. The zero-order chi connectivity index (χ0) is 15.2. The summed E-state index contributed by atoms with van der Waals surface area (Å²) in [6, 6.07) is 4.48. The van der Waals surface area contributed by atoms with Gasteiger partial charge < -0.3 is 5.32 Å². The van der Waals surface area contributed by atoms with Crippen molar-refractivity contribution in [3.63, 3.8) is 0 Å². The molecule has 0 bridgehead atoms. The van der Waals surface area contributed by atoms with Crippen molar-refractivity contribution in [3.05, 3.63) is 34.1 Å². The maximum absolute atomic E-state index is 13.7. The highest BCUT2D eigenvalue weighted by atomic mass is 79.9. The summed E-state index contributed by atoms with van der Waals surface area (Å²) in [4.78, 5) is 12.0. The Bertz CT molecular complexity index is 460. The Morgan fingerprint density at radius 1 is 1.35 bits per heavy atom. The molecule has 4 heteroatoms. The molecule has 0 heterocycles. The van der Waals surface area contributed by atoms with E-state index in [4.69, 9.17) is 0 Å². The van der Waals surface area contributed by atoms with E-state index >= 15 is 0 Å². The molecule has 0 saturated heterocycles. The maximum Gasteiger partial charge on any atom is 0.254 e. The number of unbranched alkanes of at least 4 members (excludes halogenated alkanes) is 2. The predicted molar refractivity (Wildman–Crippen MR) is 84.4 cm³/mol. The van der Waals surface area contributed by atoms with Crippen LogP contribution in [0, 0.1) is 11.2 Å². The van der Waals surface area contributed by atoms with Crippen molar-refractivity contribution in [2.75, 3.05) is 6.54 Å². The van der Waals surface area contributed by atoms with E-state index in [0.717, 1.165) is 12.8 Å². The lowest BCUT2D eigenvalue weighted by molar-refractivity contribution is 0.0930. The topological polar surface area (TPSA) is 29.1 Å². The SMILES string of the molecule is CCCCCC(C)(C)CNC(=O)c1ccc(Br)cc1F. The van der Waals surface area contributed by atoms with E-state index in [1.54, 1.807) is 6.07 Å². The number of halogens is 2. The normalized spacial score (nSPS) is 11.4. The average molecular weight is 344 g/mol. The van der Waals surface area contributed by atoms with Gasteiger partial charge >= 0.3 is 0 Å². The molecule has 1 rings (SSSR count). The van der Waals surface area contributed by atoms with Crippen LogP contribution in [-0.2, 0) is 0 Å². The van der Waals surface area contributed by atoms with Crippen LogP contribution in [0.15, 0.2) is 22.7 Å². The Hall–Kier alpha value is -0.900. The molecule has 0 aromatic heterocycles. The van der Waals surface area contributed by atoms with Gasteiger partial charge in [0.15, 0.2) is 0 Å². The lowest BCUT2D eigenvalue weighted by Crippen LogP contribution is -2.34. The summed E-state index contributed by atoms with van der Waals surface area (Å²) < 4.78 is 14.3. The van der Waals surface area contributed by atoms with Crippen LogP contribution in [0.4, 0.5) is 4.39 Å². The molecule has 0 aliphatic carbocycles. The number of rotatable bonds is 7. The number of benzene rings is 1. The molecule has 0 aliphatic heterocycles. The number of carbonyl (C=O) groups excluding carboxylic acids is 1. The third-order valence-electron chi connectivity index (χ3n) is 3.36. The Morgan fingerprint density at radius 2 is 2.05 bits per heavy atom. The Morgan fingerprint density at radius 3 is 2.65 bits per heavy atom. The summed E-state index contributed by atoms with van der Waals surface area (Å²) in [6.07, 6.45) is 4.61. The van der Waals surface area contributed by atoms with Crippen LogP contribution in [-0.4, -0.2) is 12.5 Å². The molecule has 1 N–H and O–H groups in total. The lowest BCUT2D eigenvalue weighted by Gasteiger charge is -2.25. The molecule has 0 unspecified atom stereocenters. The fourth-order valence-electron chi connectivity index (χ4n) is 2.03. The smallest absolute Gasteiger partial charge is 0.254 e. The zero-order valence-electron chi connectivity index (χ0n) is 12.4. The van der Waals surface area contributed by atoms with E-state index < -0.39 is 5.82 Å². The van der Waals surface area contributed by atoms with Crippen molar-refractivity contribution in [2.45, 2.75) is 46.5 Å². The molecule has 0 radical (unpaired) electrons. The van der Waals surface area contributed by atoms with Gasteiger partial charge in [0, 0.05) is 11.0 Å². The van der Waals surface area contributed by atoms with Crippen molar-refractivity contribution in [3.8, 4) is 0 Å². The zero-order valence-corrected chi connectivity index (χ0v) is 14.0. The van der Waals surface area contributed by atoms with Crippen molar-refractivity contribution in [2.24, 2.45) is 5.41 Å². The molecule has 20 heavy (non-hydrogen) atoms. The van der Waals surface area contributed by atoms with Gasteiger partial charge in [0.2, 0.25) is 0 Å². The van der Waals surface area contributed by atoms with Gasteiger partial charge in [0.25, 0.3) is 5.91 Å². The number of amides is 1. The summed E-state index contributed by atoms with van der Waals surface area (Å²) >= 11 is 3.18. The van der Waals surface area contributed by atoms with E-state index in [9.17, 15) is 9.18 Å². The van der Waals surface area contributed by atoms with Crippen LogP contribution in [0.5, 0.6) is 0 Å². The highest BCUT2D eigenvalue weighted by Gasteiger charge is 2.20. The van der Waals surface area contributed by atoms with E-state index in [-0.39, 0.29) is 16.9 Å². The summed E-state index contributed by atoms with van der Waals surface area (Å²) in [5.41, 5.74) is 0.133. The summed E-state index contributed by atoms with van der Waals surface area (Å²) in [5.74, 6) is -0.848. The van der Waals surface area contributed by atoms with Gasteiger partial charge in [-0.25, -0.2) is 4.39 Å². The first kappa shape index (κ1) is 17.2. The minimum atomic E-state index is -0.499. The van der Waals surface area contributed by atoms with Crippen LogP contribution < -0.4 is 5.32 Å². The molecule has 0 saturated carbocycles. The van der Waals surface area contributed by atoms with Crippen LogP contribution in [0.25, 0.3) is 0 Å². The molecule has 112 valence electrons. The van der Waals surface area contributed by atoms with Gasteiger partial charge in [-0.2, -0.15) is 0 Å². The third kappa shape index (κ3) is 5.61. The van der Waals surface area contributed by atoms with Gasteiger partial charge in [-0.05, 0) is 30.0 Å². The van der Waals surface area contributed by atoms with Gasteiger partial charge in [0.1, 0.15) is 5.82 Å². The molecule has 1 aromatic carbocycles. The van der Waals surface area contributed by atoms with Crippen molar-refractivity contribution in [1.29, 1.82) is 0 Å². The average Bonchev–Trinajstić information content (AvgIpc) is 2.36. The molecule has 0 aliphatic rings. The fraction of sp³-hybridized carbons (Fsp3) is 0.562. The minimum absolute atomic E-state index is 0.0384. The van der Waals surface area contributed by atoms with E-state index in [1.165, 1.54) is 25.0 Å². The van der Waals surface area contributed by atoms with E-state index in [1.807, 2.05) is 0 Å². The highest BCUT2D eigenvalue weighted by molar-refractivity contribution is 9.10. The molecule has 0 fully saturated rings. The largest absolute Gasteiger partial charge is 0.351 e. The molecule has 0 spiro atoms. The summed E-state index contributed by atoms with van der Waals surface area (Å²) in [5, 5.41) is 2.83. The Kier molecular flexibility index (Phi) is 6.66. The molecule has 0 atom stereocenters. The molecule has 1 aromatic rings. The number of hydrogen-bond donors (Lipinski definition) is 1. The molecule has 2 nitrogen and oxygen atoms in total. The van der Waals surface area contributed by atoms with Crippen LogP contribution >= 0.6 is 15.9 Å². The Balaban J connectivity index is 2.54. The van der Waals surface area contributed by atoms with Crippen LogP contribution in [0.3, 0.4) is 0 Å². The molecule has 1 amide bonds. The number of nitrogens with one attached hydrogen (secondary N) is 1. The third-order valence-corrected chi connectivity index (χ3v) is 3.85. The van der Waals surface area contributed by atoms with Gasteiger partial charge in [0.05, 0.1) is 5.56 Å². The Labute approximate surface area is 129 Å². The van der Waals surface area contributed by atoms with Crippen molar-refractivity contribution in [1.82, 2.24) is 5.32 Å². The first-order valence-corrected chi connectivity index (χ1v) is 7.88. The van der Waals surface area contributed by atoms with Crippen molar-refractivity contribution >= 4 is 21.8 Å². The summed E-state index contributed by atoms with van der Waals surface area (Å²) in [7, 11) is 0. The second-order valence-corrected chi connectivity index (χ2v) is 6.84. The van der Waals surface area contributed by atoms with Crippen molar-refractivity contribution < 1.29 is 9.18 Å². The highest BCUT2D eigenvalue weighted by Crippen LogP contribution is 2.23. The lowest BCUT2D eigenvalue weighted by atomic mass is 9.87. The standard InChI is InChI=1S/C16H23BrFNO/c1-4-5-6-9-16(2,3)11-19-15(20)13-8-7-12(17)10-14(13)18/h7-8,10H,4-6,9,11H2,1-3H3,(H,19,20). The van der Waals surface area contributed by atoms with E-state index in [0.29, 0.717) is 11.0 Å². The van der Waals surface area contributed by atoms with Crippen LogP contribution in [0.2, 0.25) is 0 Å². The first-order valence-electron chi connectivity index (χ1n) is 7.09. The number of hydrogen-bond acceptors (Lipinski definition) is 1. The summed E-state index contributed by atoms with van der Waals surface area (Å²) in [6.45, 7) is 6.98. The maximum atomic E-state index is 13.7. The van der Waals surface area contributed by atoms with Gasteiger partial charge in [-0.3, -0.25) is 4.79 Å². The molecular weight excluding hydrogens is 321 g/mol. The monoisotopic (exact) mass is 343 g/mol. The first-order chi connectivity index (χ1) is 9.35. The molecular formula is C16H23BrFNO. The van der Waals surface area contributed by atoms with E-state index in [2.05, 4.69) is 42.0 Å². The quantitative estimate of drug-likeness (QED) is 0.699.